The molecule has 1 N–H and O–H groups in total. The Balaban J connectivity index is 1.68. The summed E-state index contributed by atoms with van der Waals surface area (Å²) in [5, 5.41) is 2.96. The SMILES string of the molecule is COc1ncc(C(=O)NC[C@H](c2cccnc2)N2CCOCC2)cn1. The number of rotatable bonds is 6. The summed E-state index contributed by atoms with van der Waals surface area (Å²) in [6, 6.07) is 4.20. The Morgan fingerprint density at radius 1 is 1.32 bits per heavy atom. The first-order valence-electron chi connectivity index (χ1n) is 8.14. The van der Waals surface area contributed by atoms with Crippen LogP contribution >= 0.6 is 0 Å². The van der Waals surface area contributed by atoms with E-state index in [4.69, 9.17) is 9.47 Å². The number of pyridine rings is 1. The standard InChI is InChI=1S/C17H21N5O3/c1-24-17-20-10-14(11-21-17)16(23)19-12-15(13-3-2-4-18-9-13)22-5-7-25-8-6-22/h2-4,9-11,15H,5-8,12H2,1H3,(H,19,23)/t15-/m1/s1. The maximum atomic E-state index is 12.4. The van der Waals surface area contributed by atoms with Crippen molar-refractivity contribution in [1.82, 2.24) is 25.2 Å². The van der Waals surface area contributed by atoms with Gasteiger partial charge in [0, 0.05) is 44.4 Å². The molecule has 0 aliphatic carbocycles. The molecule has 2 aromatic heterocycles. The lowest BCUT2D eigenvalue weighted by Crippen LogP contribution is -2.43. The van der Waals surface area contributed by atoms with Gasteiger partial charge in [-0.3, -0.25) is 14.7 Å². The summed E-state index contributed by atoms with van der Waals surface area (Å²) in [5.41, 5.74) is 1.46. The highest BCUT2D eigenvalue weighted by molar-refractivity contribution is 5.93. The summed E-state index contributed by atoms with van der Waals surface area (Å²) in [6.45, 7) is 3.49. The third-order valence-corrected chi connectivity index (χ3v) is 4.08. The molecule has 0 saturated carbocycles. The van der Waals surface area contributed by atoms with Gasteiger partial charge in [-0.05, 0) is 11.6 Å². The fourth-order valence-electron chi connectivity index (χ4n) is 2.75. The normalized spacial score (nSPS) is 16.2. The number of carbonyl (C=O) groups excluding carboxylic acids is 1. The zero-order valence-corrected chi connectivity index (χ0v) is 14.1. The number of ether oxygens (including phenoxy) is 2. The molecular weight excluding hydrogens is 322 g/mol. The fourth-order valence-corrected chi connectivity index (χ4v) is 2.75. The van der Waals surface area contributed by atoms with Crippen molar-refractivity contribution in [2.45, 2.75) is 6.04 Å². The van der Waals surface area contributed by atoms with Crippen LogP contribution in [0.4, 0.5) is 0 Å². The third kappa shape index (κ3) is 4.49. The van der Waals surface area contributed by atoms with Crippen LogP contribution in [0, 0.1) is 0 Å². The van der Waals surface area contributed by atoms with Crippen LogP contribution in [-0.4, -0.2) is 65.7 Å². The molecule has 0 spiro atoms. The second-order valence-corrected chi connectivity index (χ2v) is 5.62. The Bertz CT molecular complexity index is 674. The van der Waals surface area contributed by atoms with E-state index in [1.54, 1.807) is 6.20 Å². The predicted molar refractivity (Wildman–Crippen MR) is 90.3 cm³/mol. The second kappa shape index (κ2) is 8.50. The van der Waals surface area contributed by atoms with E-state index in [0.29, 0.717) is 25.3 Å². The Kier molecular flexibility index (Phi) is 5.86. The molecule has 1 aliphatic rings. The Morgan fingerprint density at radius 2 is 2.08 bits per heavy atom. The van der Waals surface area contributed by atoms with Crippen molar-refractivity contribution >= 4 is 5.91 Å². The third-order valence-electron chi connectivity index (χ3n) is 4.08. The van der Waals surface area contributed by atoms with E-state index in [1.165, 1.54) is 19.5 Å². The molecule has 8 nitrogen and oxygen atoms in total. The van der Waals surface area contributed by atoms with Gasteiger partial charge in [0.05, 0.1) is 31.9 Å². The Morgan fingerprint density at radius 3 is 2.72 bits per heavy atom. The van der Waals surface area contributed by atoms with Crippen molar-refractivity contribution in [2.75, 3.05) is 40.0 Å². The molecule has 1 saturated heterocycles. The first-order valence-corrected chi connectivity index (χ1v) is 8.14. The van der Waals surface area contributed by atoms with Gasteiger partial charge in [-0.1, -0.05) is 6.07 Å². The number of morpholine rings is 1. The van der Waals surface area contributed by atoms with Crippen LogP contribution in [0.3, 0.4) is 0 Å². The molecular formula is C17H21N5O3. The van der Waals surface area contributed by atoms with Crippen LogP contribution in [0.2, 0.25) is 0 Å². The topological polar surface area (TPSA) is 89.5 Å². The van der Waals surface area contributed by atoms with Crippen LogP contribution in [0.15, 0.2) is 36.9 Å². The predicted octanol–water partition coefficient (Wildman–Crippen LogP) is 0.683. The number of aromatic nitrogens is 3. The first-order chi connectivity index (χ1) is 12.3. The van der Waals surface area contributed by atoms with Gasteiger partial charge < -0.3 is 14.8 Å². The monoisotopic (exact) mass is 343 g/mol. The number of methoxy groups -OCH3 is 1. The highest BCUT2D eigenvalue weighted by atomic mass is 16.5. The van der Waals surface area contributed by atoms with Gasteiger partial charge in [0.1, 0.15) is 0 Å². The van der Waals surface area contributed by atoms with E-state index >= 15 is 0 Å². The van der Waals surface area contributed by atoms with Crippen LogP contribution in [0.25, 0.3) is 0 Å². The van der Waals surface area contributed by atoms with Crippen molar-refractivity contribution in [3.8, 4) is 6.01 Å². The van der Waals surface area contributed by atoms with Gasteiger partial charge in [0.15, 0.2) is 0 Å². The van der Waals surface area contributed by atoms with Crippen LogP contribution in [-0.2, 0) is 4.74 Å². The first kappa shape index (κ1) is 17.2. The number of amides is 1. The number of carbonyl (C=O) groups is 1. The minimum absolute atomic E-state index is 0.0423. The lowest BCUT2D eigenvalue weighted by atomic mass is 10.1. The minimum atomic E-state index is -0.218. The quantitative estimate of drug-likeness (QED) is 0.825. The molecule has 2 aromatic rings. The lowest BCUT2D eigenvalue weighted by Gasteiger charge is -2.34. The summed E-state index contributed by atoms with van der Waals surface area (Å²) >= 11 is 0. The molecule has 1 amide bonds. The number of nitrogens with one attached hydrogen (secondary N) is 1. The summed E-state index contributed by atoms with van der Waals surface area (Å²) in [5.74, 6) is -0.218. The zero-order valence-electron chi connectivity index (χ0n) is 14.1. The van der Waals surface area contributed by atoms with Crippen molar-refractivity contribution in [3.63, 3.8) is 0 Å². The zero-order chi connectivity index (χ0) is 17.5. The molecule has 25 heavy (non-hydrogen) atoms. The second-order valence-electron chi connectivity index (χ2n) is 5.62. The highest BCUT2D eigenvalue weighted by Crippen LogP contribution is 2.20. The van der Waals surface area contributed by atoms with E-state index in [-0.39, 0.29) is 18.0 Å². The van der Waals surface area contributed by atoms with Crippen molar-refractivity contribution in [1.29, 1.82) is 0 Å². The van der Waals surface area contributed by atoms with E-state index in [1.807, 2.05) is 18.3 Å². The molecule has 3 heterocycles. The molecule has 3 rings (SSSR count). The molecule has 0 unspecified atom stereocenters. The van der Waals surface area contributed by atoms with E-state index in [0.717, 1.165) is 18.7 Å². The number of nitrogens with zero attached hydrogens (tertiary/aromatic N) is 4. The average molecular weight is 343 g/mol. The molecule has 1 aliphatic heterocycles. The summed E-state index contributed by atoms with van der Waals surface area (Å²) in [6.07, 6.45) is 6.49. The van der Waals surface area contributed by atoms with Gasteiger partial charge in [0.2, 0.25) is 0 Å². The minimum Gasteiger partial charge on any atom is -0.467 e. The maximum Gasteiger partial charge on any atom is 0.316 e. The molecule has 0 bridgehead atoms. The maximum absolute atomic E-state index is 12.4. The molecule has 0 radical (unpaired) electrons. The van der Waals surface area contributed by atoms with E-state index < -0.39 is 0 Å². The van der Waals surface area contributed by atoms with Crippen molar-refractivity contribution in [2.24, 2.45) is 0 Å². The molecule has 8 heteroatoms. The lowest BCUT2D eigenvalue weighted by molar-refractivity contribution is 0.0161. The summed E-state index contributed by atoms with van der Waals surface area (Å²) in [7, 11) is 1.48. The fraction of sp³-hybridized carbons (Fsp3) is 0.412. The Hall–Kier alpha value is -2.58. The van der Waals surface area contributed by atoms with Gasteiger partial charge in [-0.2, -0.15) is 0 Å². The average Bonchev–Trinajstić information content (AvgIpc) is 2.70. The van der Waals surface area contributed by atoms with Crippen LogP contribution < -0.4 is 10.1 Å². The highest BCUT2D eigenvalue weighted by Gasteiger charge is 2.23. The van der Waals surface area contributed by atoms with Gasteiger partial charge >= 0.3 is 6.01 Å². The molecule has 1 fully saturated rings. The number of hydrogen-bond donors (Lipinski definition) is 1. The van der Waals surface area contributed by atoms with Crippen LogP contribution in [0.1, 0.15) is 22.0 Å². The van der Waals surface area contributed by atoms with Gasteiger partial charge in [-0.15, -0.1) is 0 Å². The largest absolute Gasteiger partial charge is 0.467 e. The van der Waals surface area contributed by atoms with Crippen molar-refractivity contribution < 1.29 is 14.3 Å². The molecule has 132 valence electrons. The Labute approximate surface area is 146 Å². The van der Waals surface area contributed by atoms with E-state index in [9.17, 15) is 4.79 Å². The van der Waals surface area contributed by atoms with Gasteiger partial charge in [0.25, 0.3) is 5.91 Å². The molecule has 1 atom stereocenters. The number of hydrogen-bond acceptors (Lipinski definition) is 7. The summed E-state index contributed by atoms with van der Waals surface area (Å²) < 4.78 is 10.3. The molecule has 0 aromatic carbocycles. The summed E-state index contributed by atoms with van der Waals surface area (Å²) in [4.78, 5) is 26.8. The van der Waals surface area contributed by atoms with Crippen molar-refractivity contribution in [3.05, 3.63) is 48.0 Å². The van der Waals surface area contributed by atoms with Crippen LogP contribution in [0.5, 0.6) is 6.01 Å². The van der Waals surface area contributed by atoms with E-state index in [2.05, 4.69) is 25.2 Å². The van der Waals surface area contributed by atoms with Gasteiger partial charge in [-0.25, -0.2) is 9.97 Å². The smallest absolute Gasteiger partial charge is 0.316 e.